The normalized spacial score (nSPS) is 14.2. The van der Waals surface area contributed by atoms with E-state index in [-0.39, 0.29) is 29.8 Å². The quantitative estimate of drug-likeness (QED) is 0.194. The number of hydrogen-bond acceptors (Lipinski definition) is 5. The lowest BCUT2D eigenvalue weighted by atomic mass is 9.94. The number of para-hydroxylation sites is 1. The average Bonchev–Trinajstić information content (AvgIpc) is 3.10. The molecule has 46 heavy (non-hydrogen) atoms. The molecule has 4 aromatic rings. The smallest absolute Gasteiger partial charge is 0.264 e. The second kappa shape index (κ2) is 15.6. The number of nitrogens with zero attached hydrogens (tertiary/aromatic N) is 2. The van der Waals surface area contributed by atoms with Crippen molar-refractivity contribution in [2.45, 2.75) is 62.0 Å². The van der Waals surface area contributed by atoms with Gasteiger partial charge in [0.25, 0.3) is 10.0 Å². The second-order valence-electron chi connectivity index (χ2n) is 11.6. The van der Waals surface area contributed by atoms with Crippen molar-refractivity contribution in [2.24, 2.45) is 0 Å². The molecule has 1 fully saturated rings. The van der Waals surface area contributed by atoms with E-state index in [4.69, 9.17) is 4.74 Å². The number of ether oxygens (including phenoxy) is 1. The van der Waals surface area contributed by atoms with Crippen LogP contribution in [0.15, 0.2) is 120 Å². The summed E-state index contributed by atoms with van der Waals surface area (Å²) < 4.78 is 34.6. The van der Waals surface area contributed by atoms with E-state index < -0.39 is 28.5 Å². The van der Waals surface area contributed by atoms with Crippen LogP contribution in [0.5, 0.6) is 5.75 Å². The summed E-state index contributed by atoms with van der Waals surface area (Å²) in [6, 6.07) is 32.9. The molecule has 1 aliphatic carbocycles. The van der Waals surface area contributed by atoms with E-state index in [0.29, 0.717) is 11.4 Å². The summed E-state index contributed by atoms with van der Waals surface area (Å²) in [6.07, 6.45) is 5.34. The summed E-state index contributed by atoms with van der Waals surface area (Å²) in [5.41, 5.74) is 2.09. The maximum Gasteiger partial charge on any atom is 0.264 e. The molecular weight excluding hydrogens is 598 g/mol. The van der Waals surface area contributed by atoms with Crippen LogP contribution in [-0.2, 0) is 32.6 Å². The van der Waals surface area contributed by atoms with Crippen molar-refractivity contribution in [3.05, 3.63) is 126 Å². The number of amides is 2. The third-order valence-electron chi connectivity index (χ3n) is 8.39. The maximum absolute atomic E-state index is 14.6. The maximum atomic E-state index is 14.6. The molecule has 0 aromatic heterocycles. The predicted octanol–water partition coefficient (Wildman–Crippen LogP) is 5.98. The van der Waals surface area contributed by atoms with E-state index in [9.17, 15) is 18.0 Å². The molecule has 0 aliphatic heterocycles. The van der Waals surface area contributed by atoms with Crippen molar-refractivity contribution < 1.29 is 22.7 Å². The van der Waals surface area contributed by atoms with Crippen LogP contribution in [0.1, 0.15) is 43.2 Å². The Labute approximate surface area is 272 Å². The van der Waals surface area contributed by atoms with Crippen LogP contribution < -0.4 is 14.4 Å². The number of rotatable bonds is 13. The molecule has 0 unspecified atom stereocenters. The van der Waals surface area contributed by atoms with Gasteiger partial charge in [-0.2, -0.15) is 0 Å². The van der Waals surface area contributed by atoms with E-state index in [2.05, 4.69) is 5.32 Å². The SMILES string of the molecule is COc1ccc(S(=O)(=O)N(CC(=O)N(Cc2ccccc2)[C@@H](Cc2ccccc2)C(=O)NC2CCCCC2)c2ccccc2)cc1. The van der Waals surface area contributed by atoms with Gasteiger partial charge in [-0.25, -0.2) is 8.42 Å². The Morgan fingerprint density at radius 3 is 1.93 bits per heavy atom. The van der Waals surface area contributed by atoms with E-state index >= 15 is 0 Å². The zero-order valence-electron chi connectivity index (χ0n) is 26.1. The molecule has 4 aromatic carbocycles. The van der Waals surface area contributed by atoms with Gasteiger partial charge in [-0.15, -0.1) is 0 Å². The Hall–Kier alpha value is -4.63. The van der Waals surface area contributed by atoms with Gasteiger partial charge in [0.05, 0.1) is 17.7 Å². The number of hydrogen-bond donors (Lipinski definition) is 1. The van der Waals surface area contributed by atoms with Crippen LogP contribution in [0.25, 0.3) is 0 Å². The summed E-state index contributed by atoms with van der Waals surface area (Å²) in [7, 11) is -2.67. The average molecular weight is 640 g/mol. The highest BCUT2D eigenvalue weighted by atomic mass is 32.2. The van der Waals surface area contributed by atoms with E-state index in [0.717, 1.165) is 47.5 Å². The molecule has 1 N–H and O–H groups in total. The Kier molecular flexibility index (Phi) is 11.1. The van der Waals surface area contributed by atoms with Gasteiger partial charge >= 0.3 is 0 Å². The minimum Gasteiger partial charge on any atom is -0.497 e. The van der Waals surface area contributed by atoms with Crippen molar-refractivity contribution in [3.63, 3.8) is 0 Å². The first-order valence-electron chi connectivity index (χ1n) is 15.7. The van der Waals surface area contributed by atoms with Crippen molar-refractivity contribution in [1.29, 1.82) is 0 Å². The van der Waals surface area contributed by atoms with Gasteiger partial charge in [0.15, 0.2) is 0 Å². The van der Waals surface area contributed by atoms with Crippen LogP contribution in [-0.4, -0.2) is 50.9 Å². The predicted molar refractivity (Wildman–Crippen MR) is 180 cm³/mol. The lowest BCUT2D eigenvalue weighted by molar-refractivity contribution is -0.140. The largest absolute Gasteiger partial charge is 0.497 e. The summed E-state index contributed by atoms with van der Waals surface area (Å²) in [5.74, 6) is -0.197. The Bertz CT molecular complexity index is 1660. The fourth-order valence-electron chi connectivity index (χ4n) is 5.88. The Morgan fingerprint density at radius 1 is 0.783 bits per heavy atom. The van der Waals surface area contributed by atoms with Crippen LogP contribution in [0.2, 0.25) is 0 Å². The fourth-order valence-corrected chi connectivity index (χ4v) is 7.29. The van der Waals surface area contributed by atoms with E-state index in [1.807, 2.05) is 60.7 Å². The van der Waals surface area contributed by atoms with Crippen LogP contribution in [0.4, 0.5) is 5.69 Å². The van der Waals surface area contributed by atoms with Gasteiger partial charge in [-0.05, 0) is 60.4 Å². The van der Waals surface area contributed by atoms with Crippen LogP contribution in [0, 0.1) is 0 Å². The molecule has 1 aliphatic rings. The van der Waals surface area contributed by atoms with Gasteiger partial charge < -0.3 is 15.0 Å². The summed E-state index contributed by atoms with van der Waals surface area (Å²) >= 11 is 0. The van der Waals surface area contributed by atoms with Crippen molar-refractivity contribution in [3.8, 4) is 5.75 Å². The number of nitrogens with one attached hydrogen (secondary N) is 1. The molecule has 0 spiro atoms. The number of carbonyl (C=O) groups excluding carboxylic acids is 2. The summed E-state index contributed by atoms with van der Waals surface area (Å²) in [4.78, 5) is 30.3. The molecule has 0 saturated heterocycles. The summed E-state index contributed by atoms with van der Waals surface area (Å²) in [6.45, 7) is -0.353. The molecule has 5 rings (SSSR count). The molecular formula is C37H41N3O5S. The highest BCUT2D eigenvalue weighted by Crippen LogP contribution is 2.26. The standard InChI is InChI=1S/C37H41N3O5S/c1-45-33-22-24-34(25-23-33)46(43,44)40(32-20-12-5-13-21-32)28-36(41)39(27-30-16-8-3-9-17-30)35(26-29-14-6-2-7-15-29)37(42)38-31-18-10-4-11-19-31/h2-3,5-9,12-17,20-25,31,35H,4,10-11,18-19,26-28H2,1H3,(H,38,42)/t35-/m0/s1. The van der Waals surface area contributed by atoms with Gasteiger partial charge in [-0.1, -0.05) is 98.1 Å². The third kappa shape index (κ3) is 8.34. The van der Waals surface area contributed by atoms with Crippen molar-refractivity contribution >= 4 is 27.5 Å². The van der Waals surface area contributed by atoms with E-state index in [1.54, 1.807) is 47.4 Å². The lowest BCUT2D eigenvalue weighted by Crippen LogP contribution is -2.55. The van der Waals surface area contributed by atoms with Gasteiger partial charge in [-0.3, -0.25) is 13.9 Å². The van der Waals surface area contributed by atoms with Gasteiger partial charge in [0.1, 0.15) is 18.3 Å². The Balaban J connectivity index is 1.53. The third-order valence-corrected chi connectivity index (χ3v) is 10.2. The molecule has 0 radical (unpaired) electrons. The molecule has 1 atom stereocenters. The minimum absolute atomic E-state index is 0.0236. The van der Waals surface area contributed by atoms with Crippen molar-refractivity contribution in [2.75, 3.05) is 18.0 Å². The monoisotopic (exact) mass is 639 g/mol. The number of benzene rings is 4. The number of anilines is 1. The molecule has 0 bridgehead atoms. The zero-order valence-corrected chi connectivity index (χ0v) is 26.9. The molecule has 0 heterocycles. The van der Waals surface area contributed by atoms with E-state index in [1.165, 1.54) is 19.2 Å². The molecule has 1 saturated carbocycles. The zero-order chi connectivity index (χ0) is 32.4. The van der Waals surface area contributed by atoms with Gasteiger partial charge in [0, 0.05) is 19.0 Å². The molecule has 8 nitrogen and oxygen atoms in total. The molecule has 2 amide bonds. The minimum atomic E-state index is -4.18. The fraction of sp³-hybridized carbons (Fsp3) is 0.297. The lowest BCUT2D eigenvalue weighted by Gasteiger charge is -2.35. The number of methoxy groups -OCH3 is 1. The summed E-state index contributed by atoms with van der Waals surface area (Å²) in [5, 5.41) is 3.24. The topological polar surface area (TPSA) is 96.0 Å². The highest BCUT2D eigenvalue weighted by molar-refractivity contribution is 7.92. The van der Waals surface area contributed by atoms with Crippen LogP contribution >= 0.6 is 0 Å². The first-order chi connectivity index (χ1) is 22.3. The number of sulfonamides is 1. The van der Waals surface area contributed by atoms with Crippen molar-refractivity contribution in [1.82, 2.24) is 10.2 Å². The second-order valence-corrected chi connectivity index (χ2v) is 13.4. The number of carbonyl (C=O) groups is 2. The highest BCUT2D eigenvalue weighted by Gasteiger charge is 2.35. The Morgan fingerprint density at radius 2 is 1.35 bits per heavy atom. The van der Waals surface area contributed by atoms with Crippen LogP contribution in [0.3, 0.4) is 0 Å². The first-order valence-corrected chi connectivity index (χ1v) is 17.2. The first kappa shape index (κ1) is 32.8. The molecule has 9 heteroatoms. The van der Waals surface area contributed by atoms with Gasteiger partial charge in [0.2, 0.25) is 11.8 Å². The molecule has 240 valence electrons.